The van der Waals surface area contributed by atoms with Gasteiger partial charge in [-0.2, -0.15) is 0 Å². The van der Waals surface area contributed by atoms with E-state index in [0.29, 0.717) is 0 Å². The zero-order valence-corrected chi connectivity index (χ0v) is 10.7. The van der Waals surface area contributed by atoms with Crippen molar-refractivity contribution < 1.29 is 4.42 Å². The van der Waals surface area contributed by atoms with Gasteiger partial charge in [0.25, 0.3) is 0 Å². The molecule has 90 valence electrons. The molecule has 0 aliphatic heterocycles. The average molecular weight is 229 g/mol. The van der Waals surface area contributed by atoms with Gasteiger partial charge in [0.1, 0.15) is 0 Å². The van der Waals surface area contributed by atoms with E-state index in [4.69, 9.17) is 10.2 Å². The summed E-state index contributed by atoms with van der Waals surface area (Å²) in [6.07, 6.45) is 4.27. The van der Waals surface area contributed by atoms with Crippen LogP contribution in [0, 0.1) is 20.8 Å². The van der Waals surface area contributed by atoms with Gasteiger partial charge in [0.05, 0.1) is 12.5 Å². The molecule has 2 aromatic rings. The highest BCUT2D eigenvalue weighted by Gasteiger charge is 2.13. The van der Waals surface area contributed by atoms with Gasteiger partial charge < -0.3 is 10.2 Å². The van der Waals surface area contributed by atoms with Crippen molar-refractivity contribution in [2.45, 2.75) is 33.2 Å². The van der Waals surface area contributed by atoms with E-state index in [1.54, 1.807) is 12.5 Å². The zero-order valence-electron chi connectivity index (χ0n) is 10.7. The fourth-order valence-electron chi connectivity index (χ4n) is 2.54. The van der Waals surface area contributed by atoms with Crippen LogP contribution in [0.1, 0.15) is 33.9 Å². The van der Waals surface area contributed by atoms with Crippen molar-refractivity contribution in [1.82, 2.24) is 0 Å². The minimum absolute atomic E-state index is 0.0354. The molecule has 1 unspecified atom stereocenters. The van der Waals surface area contributed by atoms with Gasteiger partial charge in [-0.25, -0.2) is 0 Å². The molecule has 2 nitrogen and oxygen atoms in total. The number of rotatable bonds is 3. The van der Waals surface area contributed by atoms with Gasteiger partial charge in [0.2, 0.25) is 0 Å². The van der Waals surface area contributed by atoms with Crippen LogP contribution in [0.5, 0.6) is 0 Å². The molecule has 0 aliphatic rings. The molecule has 17 heavy (non-hydrogen) atoms. The Morgan fingerprint density at radius 2 is 1.82 bits per heavy atom. The Bertz CT molecular complexity index is 477. The van der Waals surface area contributed by atoms with Gasteiger partial charge in [-0.3, -0.25) is 0 Å². The monoisotopic (exact) mass is 229 g/mol. The summed E-state index contributed by atoms with van der Waals surface area (Å²) in [5.74, 6) is 0. The molecule has 2 N–H and O–H groups in total. The maximum atomic E-state index is 6.30. The minimum atomic E-state index is 0.0354. The van der Waals surface area contributed by atoms with Crippen molar-refractivity contribution in [1.29, 1.82) is 0 Å². The topological polar surface area (TPSA) is 39.2 Å². The van der Waals surface area contributed by atoms with Gasteiger partial charge in [0.15, 0.2) is 0 Å². The lowest BCUT2D eigenvalue weighted by Crippen LogP contribution is -2.16. The van der Waals surface area contributed by atoms with Crippen LogP contribution in [0.4, 0.5) is 0 Å². The molecule has 0 fully saturated rings. The summed E-state index contributed by atoms with van der Waals surface area (Å²) in [7, 11) is 0. The zero-order chi connectivity index (χ0) is 12.4. The first-order valence-electron chi connectivity index (χ1n) is 5.92. The number of furan rings is 1. The van der Waals surface area contributed by atoms with E-state index >= 15 is 0 Å². The second kappa shape index (κ2) is 4.76. The maximum absolute atomic E-state index is 6.30. The van der Waals surface area contributed by atoms with Crippen molar-refractivity contribution in [2.75, 3.05) is 0 Å². The fourth-order valence-corrected chi connectivity index (χ4v) is 2.54. The van der Waals surface area contributed by atoms with Gasteiger partial charge in [-0.1, -0.05) is 17.7 Å². The fraction of sp³-hybridized carbons (Fsp3) is 0.333. The number of benzene rings is 1. The molecule has 0 amide bonds. The SMILES string of the molecule is Cc1cc(C)c(C(N)Cc2ccoc2)c(C)c1. The predicted octanol–water partition coefficient (Wildman–Crippen LogP) is 3.45. The molecule has 0 bridgehead atoms. The van der Waals surface area contributed by atoms with Gasteiger partial charge in [-0.05, 0) is 55.5 Å². The van der Waals surface area contributed by atoms with Crippen LogP contribution < -0.4 is 5.73 Å². The third-order valence-corrected chi connectivity index (χ3v) is 3.14. The lowest BCUT2D eigenvalue weighted by atomic mass is 9.91. The summed E-state index contributed by atoms with van der Waals surface area (Å²) >= 11 is 0. The van der Waals surface area contributed by atoms with Crippen LogP contribution in [0.3, 0.4) is 0 Å². The van der Waals surface area contributed by atoms with E-state index in [1.807, 2.05) is 6.07 Å². The van der Waals surface area contributed by atoms with E-state index < -0.39 is 0 Å². The summed E-state index contributed by atoms with van der Waals surface area (Å²) in [5.41, 5.74) is 12.6. The molecule has 1 aromatic carbocycles. The van der Waals surface area contributed by atoms with E-state index in [-0.39, 0.29) is 6.04 Å². The van der Waals surface area contributed by atoms with Crippen LogP contribution >= 0.6 is 0 Å². The Kier molecular flexibility index (Phi) is 3.34. The van der Waals surface area contributed by atoms with Crippen molar-refractivity contribution >= 4 is 0 Å². The van der Waals surface area contributed by atoms with E-state index in [0.717, 1.165) is 12.0 Å². The third kappa shape index (κ3) is 2.59. The molecule has 0 radical (unpaired) electrons. The molecule has 0 spiro atoms. The highest BCUT2D eigenvalue weighted by atomic mass is 16.3. The summed E-state index contributed by atoms with van der Waals surface area (Å²) < 4.78 is 5.08. The molecule has 1 atom stereocenters. The van der Waals surface area contributed by atoms with E-state index in [1.165, 1.54) is 22.3 Å². The lowest BCUT2D eigenvalue weighted by Gasteiger charge is -2.17. The maximum Gasteiger partial charge on any atom is 0.0935 e. The molecular formula is C15H19NO. The van der Waals surface area contributed by atoms with Crippen LogP contribution in [-0.4, -0.2) is 0 Å². The normalized spacial score (nSPS) is 12.7. The smallest absolute Gasteiger partial charge is 0.0935 e. The molecular weight excluding hydrogens is 210 g/mol. The lowest BCUT2D eigenvalue weighted by molar-refractivity contribution is 0.561. The number of nitrogens with two attached hydrogens (primary N) is 1. The molecule has 2 rings (SSSR count). The summed E-state index contributed by atoms with van der Waals surface area (Å²) in [4.78, 5) is 0. The standard InChI is InChI=1S/C15H19NO/c1-10-6-11(2)15(12(3)7-10)14(16)8-13-4-5-17-9-13/h4-7,9,14H,8,16H2,1-3H3. The minimum Gasteiger partial charge on any atom is -0.472 e. The number of hydrogen-bond donors (Lipinski definition) is 1. The van der Waals surface area contributed by atoms with Gasteiger partial charge in [0, 0.05) is 6.04 Å². The molecule has 0 saturated heterocycles. The van der Waals surface area contributed by atoms with Crippen molar-refractivity contribution in [3.63, 3.8) is 0 Å². The first-order chi connectivity index (χ1) is 8.08. The summed E-state index contributed by atoms with van der Waals surface area (Å²) in [6, 6.07) is 6.39. The molecule has 0 aliphatic carbocycles. The Labute approximate surface area is 102 Å². The van der Waals surface area contributed by atoms with Gasteiger partial charge >= 0.3 is 0 Å². The number of hydrogen-bond acceptors (Lipinski definition) is 2. The van der Waals surface area contributed by atoms with Crippen molar-refractivity contribution in [3.05, 3.63) is 58.5 Å². The van der Waals surface area contributed by atoms with Crippen LogP contribution in [-0.2, 0) is 6.42 Å². The average Bonchev–Trinajstić information content (AvgIpc) is 2.68. The number of aryl methyl sites for hydroxylation is 3. The Morgan fingerprint density at radius 3 is 2.35 bits per heavy atom. The third-order valence-electron chi connectivity index (χ3n) is 3.14. The first kappa shape index (κ1) is 11.9. The first-order valence-corrected chi connectivity index (χ1v) is 5.92. The van der Waals surface area contributed by atoms with E-state index in [2.05, 4.69) is 32.9 Å². The largest absolute Gasteiger partial charge is 0.472 e. The molecule has 1 heterocycles. The Morgan fingerprint density at radius 1 is 1.18 bits per heavy atom. The molecule has 1 aromatic heterocycles. The van der Waals surface area contributed by atoms with Crippen LogP contribution in [0.15, 0.2) is 35.1 Å². The summed E-state index contributed by atoms with van der Waals surface area (Å²) in [6.45, 7) is 6.38. The van der Waals surface area contributed by atoms with Crippen LogP contribution in [0.25, 0.3) is 0 Å². The molecule has 2 heteroatoms. The van der Waals surface area contributed by atoms with Crippen LogP contribution in [0.2, 0.25) is 0 Å². The Hall–Kier alpha value is -1.54. The van der Waals surface area contributed by atoms with E-state index in [9.17, 15) is 0 Å². The van der Waals surface area contributed by atoms with Gasteiger partial charge in [-0.15, -0.1) is 0 Å². The quantitative estimate of drug-likeness (QED) is 0.875. The predicted molar refractivity (Wildman–Crippen MR) is 70.0 cm³/mol. The van der Waals surface area contributed by atoms with Crippen molar-refractivity contribution in [3.8, 4) is 0 Å². The second-order valence-corrected chi connectivity index (χ2v) is 4.75. The Balaban J connectivity index is 2.27. The highest BCUT2D eigenvalue weighted by Crippen LogP contribution is 2.24. The molecule has 0 saturated carbocycles. The van der Waals surface area contributed by atoms with Crippen molar-refractivity contribution in [2.24, 2.45) is 5.73 Å². The second-order valence-electron chi connectivity index (χ2n) is 4.75. The summed E-state index contributed by atoms with van der Waals surface area (Å²) in [5, 5.41) is 0. The highest BCUT2D eigenvalue weighted by molar-refractivity contribution is 5.40.